The highest BCUT2D eigenvalue weighted by molar-refractivity contribution is 7.99. The number of halogens is 4. The molecule has 3 aromatic rings. The average molecular weight is 525 g/mol. The largest absolute Gasteiger partial charge is 0.345 e. The summed E-state index contributed by atoms with van der Waals surface area (Å²) >= 11 is 7.76. The van der Waals surface area contributed by atoms with Gasteiger partial charge in [-0.2, -0.15) is 0 Å². The lowest BCUT2D eigenvalue weighted by Crippen LogP contribution is -2.37. The molecule has 0 radical (unpaired) electrons. The van der Waals surface area contributed by atoms with Crippen molar-refractivity contribution in [3.63, 3.8) is 0 Å². The lowest BCUT2D eigenvalue weighted by molar-refractivity contribution is -0.180. The third-order valence-electron chi connectivity index (χ3n) is 4.69. The molecular weight excluding hydrogens is 500 g/mol. The van der Waals surface area contributed by atoms with Crippen LogP contribution >= 0.6 is 60.6 Å². The Morgan fingerprint density at radius 1 is 1.03 bits per heavy atom. The monoisotopic (exact) mass is 523 g/mol. The number of ether oxygens (including phenoxy) is 2. The lowest BCUT2D eigenvalue weighted by atomic mass is 10.0. The summed E-state index contributed by atoms with van der Waals surface area (Å²) in [6.45, 7) is 1.21. The normalized spacial score (nSPS) is 19.7. The first kappa shape index (κ1) is 28.0. The van der Waals surface area contributed by atoms with Crippen LogP contribution in [0.25, 0.3) is 0 Å². The first-order chi connectivity index (χ1) is 13.7. The Bertz CT molecular complexity index is 872. The molecule has 1 aromatic carbocycles. The third kappa shape index (κ3) is 8.13. The van der Waals surface area contributed by atoms with Crippen molar-refractivity contribution in [2.75, 3.05) is 12.4 Å². The Kier molecular flexibility index (Phi) is 12.2. The zero-order chi connectivity index (χ0) is 19.2. The van der Waals surface area contributed by atoms with Crippen LogP contribution in [0.3, 0.4) is 0 Å². The van der Waals surface area contributed by atoms with Crippen molar-refractivity contribution in [3.05, 3.63) is 78.1 Å². The van der Waals surface area contributed by atoms with Crippen LogP contribution in [0.5, 0.6) is 0 Å². The number of hydrogen-bond acceptors (Lipinski definition) is 5. The second kappa shape index (κ2) is 13.5. The standard InChI is InChI=1S/C21H22ClN3O2S.3ClH/c22-18-3-1-17(2-4-18)5-8-21(15-25-12-11-24-16-25)26-13-19(27-21)14-28-20-6-9-23-10-7-20;;;/h1-4,6-7,9-12,16,19H,5,8,13-15H2;3*1H/t19-,21+;;;/m0.../s1. The first-order valence-corrected chi connectivity index (χ1v) is 10.6. The number of pyridine rings is 1. The molecule has 2 aromatic heterocycles. The van der Waals surface area contributed by atoms with E-state index >= 15 is 0 Å². The van der Waals surface area contributed by atoms with E-state index in [1.165, 1.54) is 10.5 Å². The number of aryl methyl sites for hydroxylation is 1. The number of thioether (sulfide) groups is 1. The molecule has 0 spiro atoms. The lowest BCUT2D eigenvalue weighted by Gasteiger charge is -2.28. The Morgan fingerprint density at radius 2 is 1.77 bits per heavy atom. The van der Waals surface area contributed by atoms with E-state index in [1.807, 2.05) is 47.4 Å². The van der Waals surface area contributed by atoms with Gasteiger partial charge < -0.3 is 14.0 Å². The quantitative estimate of drug-likeness (QED) is 0.352. The minimum absolute atomic E-state index is 0. The molecule has 1 aliphatic heterocycles. The molecule has 1 fully saturated rings. The number of benzene rings is 1. The average Bonchev–Trinajstić information content (AvgIpc) is 3.38. The molecule has 0 bridgehead atoms. The maximum atomic E-state index is 6.46. The molecule has 10 heteroatoms. The maximum Gasteiger partial charge on any atom is 0.187 e. The van der Waals surface area contributed by atoms with Gasteiger partial charge in [-0.15, -0.1) is 49.0 Å². The SMILES string of the molecule is Cl.Cl.Cl.Clc1ccc(CC[C@@]2(Cn3ccnc3)OC[C@@H](CSc3ccncc3)O2)cc1. The van der Waals surface area contributed by atoms with Gasteiger partial charge in [-0.1, -0.05) is 23.7 Å². The van der Waals surface area contributed by atoms with Crippen LogP contribution in [0.1, 0.15) is 12.0 Å². The van der Waals surface area contributed by atoms with Crippen molar-refractivity contribution < 1.29 is 9.47 Å². The van der Waals surface area contributed by atoms with Crippen LogP contribution in [0.15, 0.2) is 72.4 Å². The highest BCUT2D eigenvalue weighted by atomic mass is 35.5. The topological polar surface area (TPSA) is 49.2 Å². The van der Waals surface area contributed by atoms with Gasteiger partial charge in [-0.25, -0.2) is 4.98 Å². The number of imidazole rings is 1. The number of hydrogen-bond donors (Lipinski definition) is 0. The minimum atomic E-state index is -0.649. The Hall–Kier alpha value is -0.990. The smallest absolute Gasteiger partial charge is 0.187 e. The van der Waals surface area contributed by atoms with E-state index in [0.717, 1.165) is 23.6 Å². The summed E-state index contributed by atoms with van der Waals surface area (Å²) in [6, 6.07) is 12.0. The summed E-state index contributed by atoms with van der Waals surface area (Å²) in [7, 11) is 0. The van der Waals surface area contributed by atoms with Gasteiger partial charge in [0.1, 0.15) is 0 Å². The second-order valence-electron chi connectivity index (χ2n) is 6.82. The van der Waals surface area contributed by atoms with Crippen molar-refractivity contribution in [2.45, 2.75) is 36.2 Å². The van der Waals surface area contributed by atoms with Crippen LogP contribution in [-0.4, -0.2) is 38.8 Å². The fourth-order valence-corrected chi connectivity index (χ4v) is 4.24. The molecule has 0 aliphatic carbocycles. The molecule has 4 rings (SSSR count). The molecule has 31 heavy (non-hydrogen) atoms. The maximum absolute atomic E-state index is 6.46. The molecule has 0 saturated carbocycles. The van der Waals surface area contributed by atoms with Crippen molar-refractivity contribution in [2.24, 2.45) is 0 Å². The number of rotatable bonds is 8. The highest BCUT2D eigenvalue weighted by Crippen LogP contribution is 2.33. The van der Waals surface area contributed by atoms with Gasteiger partial charge in [0.15, 0.2) is 5.79 Å². The molecular formula is C21H25Cl4N3O2S. The summed E-state index contributed by atoms with van der Waals surface area (Å²) in [5.74, 6) is 0.195. The Labute approximate surface area is 210 Å². The second-order valence-corrected chi connectivity index (χ2v) is 8.35. The summed E-state index contributed by atoms with van der Waals surface area (Å²) in [5, 5.41) is 0.749. The summed E-state index contributed by atoms with van der Waals surface area (Å²) in [6.07, 6.45) is 10.8. The van der Waals surface area contributed by atoms with E-state index in [-0.39, 0.29) is 43.3 Å². The summed E-state index contributed by atoms with van der Waals surface area (Å²) in [4.78, 5) is 9.39. The van der Waals surface area contributed by atoms with E-state index in [9.17, 15) is 0 Å². The van der Waals surface area contributed by atoms with Crippen LogP contribution in [0.4, 0.5) is 0 Å². The van der Waals surface area contributed by atoms with Gasteiger partial charge in [-0.3, -0.25) is 4.98 Å². The van der Waals surface area contributed by atoms with E-state index in [0.29, 0.717) is 13.2 Å². The van der Waals surface area contributed by atoms with Gasteiger partial charge in [0, 0.05) is 46.9 Å². The summed E-state index contributed by atoms with van der Waals surface area (Å²) in [5.41, 5.74) is 1.22. The van der Waals surface area contributed by atoms with Gasteiger partial charge in [0.2, 0.25) is 0 Å². The van der Waals surface area contributed by atoms with Crippen molar-refractivity contribution in [1.29, 1.82) is 0 Å². The van der Waals surface area contributed by atoms with Crippen LogP contribution in [0.2, 0.25) is 5.02 Å². The minimum Gasteiger partial charge on any atom is -0.345 e. The molecule has 2 atom stereocenters. The molecule has 0 N–H and O–H groups in total. The number of aromatic nitrogens is 3. The summed E-state index contributed by atoms with van der Waals surface area (Å²) < 4.78 is 14.7. The van der Waals surface area contributed by atoms with E-state index in [2.05, 4.69) is 22.1 Å². The molecule has 1 saturated heterocycles. The predicted molar refractivity (Wildman–Crippen MR) is 132 cm³/mol. The molecule has 170 valence electrons. The van der Waals surface area contributed by atoms with Crippen LogP contribution in [-0.2, 0) is 22.4 Å². The van der Waals surface area contributed by atoms with Crippen molar-refractivity contribution >= 4 is 60.6 Å². The van der Waals surface area contributed by atoms with E-state index in [1.54, 1.807) is 24.3 Å². The van der Waals surface area contributed by atoms with Gasteiger partial charge in [-0.05, 0) is 36.2 Å². The first-order valence-electron chi connectivity index (χ1n) is 9.26. The van der Waals surface area contributed by atoms with Crippen LogP contribution < -0.4 is 0 Å². The van der Waals surface area contributed by atoms with E-state index < -0.39 is 5.79 Å². The van der Waals surface area contributed by atoms with Gasteiger partial charge >= 0.3 is 0 Å². The molecule has 3 heterocycles. The predicted octanol–water partition coefficient (Wildman–Crippen LogP) is 5.73. The molecule has 1 aliphatic rings. The number of nitrogens with zero attached hydrogens (tertiary/aromatic N) is 3. The Balaban J connectivity index is 0.00000160. The Morgan fingerprint density at radius 3 is 2.45 bits per heavy atom. The zero-order valence-corrected chi connectivity index (χ0v) is 20.7. The fraction of sp³-hybridized carbons (Fsp3) is 0.333. The molecule has 5 nitrogen and oxygen atoms in total. The van der Waals surface area contributed by atoms with Crippen LogP contribution in [0, 0.1) is 0 Å². The zero-order valence-electron chi connectivity index (χ0n) is 16.6. The third-order valence-corrected chi connectivity index (χ3v) is 6.09. The van der Waals surface area contributed by atoms with E-state index in [4.69, 9.17) is 21.1 Å². The van der Waals surface area contributed by atoms with Gasteiger partial charge in [0.05, 0.1) is 25.6 Å². The molecule has 0 amide bonds. The van der Waals surface area contributed by atoms with Gasteiger partial charge in [0.25, 0.3) is 0 Å². The highest BCUT2D eigenvalue weighted by Gasteiger charge is 2.41. The van der Waals surface area contributed by atoms with Crippen molar-refractivity contribution in [3.8, 4) is 0 Å². The van der Waals surface area contributed by atoms with Crippen molar-refractivity contribution in [1.82, 2.24) is 14.5 Å². The fourth-order valence-electron chi connectivity index (χ4n) is 3.26. The molecule has 0 unspecified atom stereocenters.